The molecule has 0 spiro atoms. The molecule has 0 aliphatic heterocycles. The van der Waals surface area contributed by atoms with Crippen molar-refractivity contribution in [1.82, 2.24) is 15.5 Å². The molecule has 0 saturated carbocycles. The van der Waals surface area contributed by atoms with E-state index in [-0.39, 0.29) is 12.3 Å². The Balaban J connectivity index is 1.82. The Hall–Kier alpha value is -3.26. The summed E-state index contributed by atoms with van der Waals surface area (Å²) >= 11 is 0. The zero-order valence-corrected chi connectivity index (χ0v) is 17.9. The van der Waals surface area contributed by atoms with E-state index in [9.17, 15) is 9.59 Å². The molecule has 162 valence electrons. The number of carbonyl (C=O) groups excluding carboxylic acids is 2. The van der Waals surface area contributed by atoms with Crippen LogP contribution in [-0.4, -0.2) is 51.8 Å². The molecule has 0 unspecified atom stereocenters. The maximum absolute atomic E-state index is 12.1. The van der Waals surface area contributed by atoms with Crippen molar-refractivity contribution in [3.8, 4) is 17.2 Å². The van der Waals surface area contributed by atoms with Crippen molar-refractivity contribution in [2.45, 2.75) is 19.5 Å². The van der Waals surface area contributed by atoms with Gasteiger partial charge in [0, 0.05) is 31.6 Å². The molecule has 0 heterocycles. The molecular weight excluding hydrogens is 386 g/mol. The van der Waals surface area contributed by atoms with E-state index in [1.165, 1.54) is 0 Å². The monoisotopic (exact) mass is 415 g/mol. The second-order valence-corrected chi connectivity index (χ2v) is 6.70. The van der Waals surface area contributed by atoms with Crippen LogP contribution in [0, 0.1) is 0 Å². The van der Waals surface area contributed by atoms with Crippen LogP contribution in [0.1, 0.15) is 17.5 Å². The molecule has 0 aromatic heterocycles. The lowest BCUT2D eigenvalue weighted by molar-refractivity contribution is -0.120. The van der Waals surface area contributed by atoms with E-state index in [0.717, 1.165) is 11.1 Å². The molecule has 8 nitrogen and oxygen atoms in total. The summed E-state index contributed by atoms with van der Waals surface area (Å²) in [6.45, 7) is 1.37. The molecule has 2 aromatic rings. The predicted molar refractivity (Wildman–Crippen MR) is 114 cm³/mol. The fourth-order valence-corrected chi connectivity index (χ4v) is 2.96. The highest BCUT2D eigenvalue weighted by Crippen LogP contribution is 2.40. The molecule has 0 fully saturated rings. The lowest BCUT2D eigenvalue weighted by Gasteiger charge is -2.20. The molecule has 0 saturated heterocycles. The predicted octanol–water partition coefficient (Wildman–Crippen LogP) is 2.56. The van der Waals surface area contributed by atoms with Gasteiger partial charge in [0.25, 0.3) is 0 Å². The van der Waals surface area contributed by atoms with Crippen LogP contribution in [-0.2, 0) is 17.9 Å². The normalized spacial score (nSPS) is 10.4. The van der Waals surface area contributed by atoms with Crippen molar-refractivity contribution in [2.24, 2.45) is 0 Å². The third-order valence-corrected chi connectivity index (χ3v) is 4.50. The van der Waals surface area contributed by atoms with Gasteiger partial charge in [0.1, 0.15) is 0 Å². The Kier molecular flexibility index (Phi) is 8.96. The highest BCUT2D eigenvalue weighted by atomic mass is 16.5. The summed E-state index contributed by atoms with van der Waals surface area (Å²) < 4.78 is 16.2. The molecule has 2 N–H and O–H groups in total. The molecule has 0 aliphatic rings. The maximum atomic E-state index is 12.1. The number of hydrogen-bond acceptors (Lipinski definition) is 6. The first-order chi connectivity index (χ1) is 14.5. The van der Waals surface area contributed by atoms with Crippen molar-refractivity contribution in [1.29, 1.82) is 0 Å². The average Bonchev–Trinajstić information content (AvgIpc) is 2.76. The van der Waals surface area contributed by atoms with E-state index in [4.69, 9.17) is 14.2 Å². The van der Waals surface area contributed by atoms with Gasteiger partial charge < -0.3 is 24.4 Å². The van der Waals surface area contributed by atoms with Gasteiger partial charge in [-0.15, -0.1) is 0 Å². The highest BCUT2D eigenvalue weighted by Gasteiger charge is 2.17. The van der Waals surface area contributed by atoms with Crippen LogP contribution >= 0.6 is 0 Å². The van der Waals surface area contributed by atoms with Gasteiger partial charge in [-0.1, -0.05) is 36.4 Å². The van der Waals surface area contributed by atoms with Crippen LogP contribution in [0.3, 0.4) is 0 Å². The summed E-state index contributed by atoms with van der Waals surface area (Å²) in [5.41, 5.74) is 1.86. The SMILES string of the molecule is COc1ccc(CN(C)CCC(=O)NC(=O)NCc2ccccc2)c(OC)c1OC. The first-order valence-corrected chi connectivity index (χ1v) is 9.56. The minimum Gasteiger partial charge on any atom is -0.493 e. The van der Waals surface area contributed by atoms with Crippen LogP contribution in [0.2, 0.25) is 0 Å². The third kappa shape index (κ3) is 6.66. The van der Waals surface area contributed by atoms with Crippen LogP contribution in [0.5, 0.6) is 17.2 Å². The number of methoxy groups -OCH3 is 3. The van der Waals surface area contributed by atoms with E-state index in [0.29, 0.717) is 36.9 Å². The number of carbonyl (C=O) groups is 2. The molecule has 2 rings (SSSR count). The Morgan fingerprint density at radius 1 is 0.933 bits per heavy atom. The summed E-state index contributed by atoms with van der Waals surface area (Å²) in [6, 6.07) is 12.7. The molecular formula is C22H29N3O5. The van der Waals surface area contributed by atoms with E-state index in [1.807, 2.05) is 54.4 Å². The highest BCUT2D eigenvalue weighted by molar-refractivity contribution is 5.94. The summed E-state index contributed by atoms with van der Waals surface area (Å²) in [5, 5.41) is 5.02. The minimum absolute atomic E-state index is 0.185. The maximum Gasteiger partial charge on any atom is 0.321 e. The van der Waals surface area contributed by atoms with Crippen LogP contribution in [0.25, 0.3) is 0 Å². The lowest BCUT2D eigenvalue weighted by Crippen LogP contribution is -2.40. The van der Waals surface area contributed by atoms with Crippen LogP contribution < -0.4 is 24.8 Å². The second-order valence-electron chi connectivity index (χ2n) is 6.70. The standard InChI is InChI=1S/C22H29N3O5/c1-25(15-17-10-11-18(28-2)21(30-4)20(17)29-3)13-12-19(26)24-22(27)23-14-16-8-6-5-7-9-16/h5-11H,12-15H2,1-4H3,(H2,23,24,26,27). The van der Waals surface area contributed by atoms with E-state index < -0.39 is 6.03 Å². The number of nitrogens with one attached hydrogen (secondary N) is 2. The number of amides is 3. The number of urea groups is 1. The van der Waals surface area contributed by atoms with Gasteiger partial charge in [-0.05, 0) is 18.7 Å². The average molecular weight is 415 g/mol. The number of hydrogen-bond donors (Lipinski definition) is 2. The number of ether oxygens (including phenoxy) is 3. The zero-order valence-electron chi connectivity index (χ0n) is 17.9. The van der Waals surface area contributed by atoms with Crippen molar-refractivity contribution in [2.75, 3.05) is 34.9 Å². The van der Waals surface area contributed by atoms with Crippen LogP contribution in [0.15, 0.2) is 42.5 Å². The largest absolute Gasteiger partial charge is 0.493 e. The van der Waals surface area contributed by atoms with Gasteiger partial charge in [0.15, 0.2) is 11.5 Å². The van der Waals surface area contributed by atoms with Gasteiger partial charge in [-0.2, -0.15) is 0 Å². The van der Waals surface area contributed by atoms with Crippen molar-refractivity contribution < 1.29 is 23.8 Å². The number of imide groups is 1. The molecule has 30 heavy (non-hydrogen) atoms. The van der Waals surface area contributed by atoms with E-state index >= 15 is 0 Å². The summed E-state index contributed by atoms with van der Waals surface area (Å²) in [5.74, 6) is 1.36. The Labute approximate surface area is 177 Å². The Morgan fingerprint density at radius 3 is 2.27 bits per heavy atom. The van der Waals surface area contributed by atoms with Gasteiger partial charge in [0.05, 0.1) is 21.3 Å². The molecule has 0 radical (unpaired) electrons. The van der Waals surface area contributed by atoms with Crippen molar-refractivity contribution >= 4 is 11.9 Å². The molecule has 3 amide bonds. The minimum atomic E-state index is -0.506. The zero-order chi connectivity index (χ0) is 21.9. The molecule has 8 heteroatoms. The number of rotatable bonds is 10. The summed E-state index contributed by atoms with van der Waals surface area (Å²) in [4.78, 5) is 25.9. The van der Waals surface area contributed by atoms with E-state index in [2.05, 4.69) is 10.6 Å². The Bertz CT molecular complexity index is 842. The summed E-state index contributed by atoms with van der Waals surface area (Å²) in [6.07, 6.45) is 0.185. The first kappa shape index (κ1) is 23.0. The third-order valence-electron chi connectivity index (χ3n) is 4.50. The smallest absolute Gasteiger partial charge is 0.321 e. The molecule has 0 bridgehead atoms. The number of nitrogens with zero attached hydrogens (tertiary/aromatic N) is 1. The van der Waals surface area contributed by atoms with Crippen molar-refractivity contribution in [3.63, 3.8) is 0 Å². The van der Waals surface area contributed by atoms with E-state index in [1.54, 1.807) is 21.3 Å². The summed E-state index contributed by atoms with van der Waals surface area (Å²) in [7, 11) is 6.58. The van der Waals surface area contributed by atoms with Gasteiger partial charge in [-0.25, -0.2) is 4.79 Å². The van der Waals surface area contributed by atoms with Gasteiger partial charge in [0.2, 0.25) is 11.7 Å². The van der Waals surface area contributed by atoms with Gasteiger partial charge >= 0.3 is 6.03 Å². The fourth-order valence-electron chi connectivity index (χ4n) is 2.96. The molecule has 0 atom stereocenters. The van der Waals surface area contributed by atoms with Gasteiger partial charge in [-0.3, -0.25) is 10.1 Å². The quantitative estimate of drug-likeness (QED) is 0.620. The Morgan fingerprint density at radius 2 is 1.63 bits per heavy atom. The van der Waals surface area contributed by atoms with Crippen molar-refractivity contribution in [3.05, 3.63) is 53.6 Å². The first-order valence-electron chi connectivity index (χ1n) is 9.56. The topological polar surface area (TPSA) is 89.1 Å². The second kappa shape index (κ2) is 11.7. The van der Waals surface area contributed by atoms with Crippen LogP contribution in [0.4, 0.5) is 4.79 Å². The molecule has 2 aromatic carbocycles. The number of benzene rings is 2. The lowest BCUT2D eigenvalue weighted by atomic mass is 10.1. The fraction of sp³-hybridized carbons (Fsp3) is 0.364. The molecule has 0 aliphatic carbocycles.